The molecule has 1 aliphatic carbocycles. The molecule has 0 saturated heterocycles. The lowest BCUT2D eigenvalue weighted by atomic mass is 9.99. The maximum Gasteiger partial charge on any atom is 0.246 e. The van der Waals surface area contributed by atoms with E-state index in [4.69, 9.17) is 11.6 Å². The Morgan fingerprint density at radius 3 is 2.95 bits per heavy atom. The normalized spacial score (nSPS) is 16.8. The first-order valence-electron chi connectivity index (χ1n) is 6.98. The van der Waals surface area contributed by atoms with Crippen LogP contribution in [0.25, 0.3) is 0 Å². The predicted octanol–water partition coefficient (Wildman–Crippen LogP) is 3.68. The minimum Gasteiger partial charge on any atom is -0.316 e. The molecule has 1 aliphatic heterocycles. The lowest BCUT2D eigenvalue weighted by Gasteiger charge is -2.09. The fourth-order valence-corrected chi connectivity index (χ4v) is 4.54. The van der Waals surface area contributed by atoms with Crippen molar-refractivity contribution in [2.45, 2.75) is 19.3 Å². The van der Waals surface area contributed by atoms with Gasteiger partial charge in [-0.2, -0.15) is 0 Å². The highest BCUT2D eigenvalue weighted by Gasteiger charge is 2.29. The van der Waals surface area contributed by atoms with Crippen LogP contribution in [0.1, 0.15) is 28.0 Å². The van der Waals surface area contributed by atoms with Crippen LogP contribution in [0.4, 0.5) is 5.00 Å². The van der Waals surface area contributed by atoms with Gasteiger partial charge in [-0.15, -0.1) is 11.3 Å². The van der Waals surface area contributed by atoms with Gasteiger partial charge in [-0.25, -0.2) is 0 Å². The number of amides is 1. The first-order valence-corrected chi connectivity index (χ1v) is 8.17. The SMILES string of the molecule is O=C1CN=C(c2ccccc2Cl)c2c(sc3c2CCC3)N1. The molecule has 2 aromatic rings. The summed E-state index contributed by atoms with van der Waals surface area (Å²) >= 11 is 8.04. The Balaban J connectivity index is 1.96. The van der Waals surface area contributed by atoms with Crippen molar-refractivity contribution < 1.29 is 4.79 Å². The van der Waals surface area contributed by atoms with Gasteiger partial charge in [-0.3, -0.25) is 9.79 Å². The van der Waals surface area contributed by atoms with Gasteiger partial charge in [0.1, 0.15) is 11.5 Å². The second kappa shape index (κ2) is 4.97. The molecule has 4 rings (SSSR count). The van der Waals surface area contributed by atoms with Crippen LogP contribution < -0.4 is 5.32 Å². The van der Waals surface area contributed by atoms with Crippen molar-refractivity contribution in [3.63, 3.8) is 0 Å². The highest BCUT2D eigenvalue weighted by molar-refractivity contribution is 7.17. The van der Waals surface area contributed by atoms with E-state index in [-0.39, 0.29) is 12.5 Å². The molecule has 5 heteroatoms. The number of fused-ring (bicyclic) bond motifs is 3. The van der Waals surface area contributed by atoms with Gasteiger partial charge in [0.25, 0.3) is 0 Å². The third-order valence-electron chi connectivity index (χ3n) is 3.92. The summed E-state index contributed by atoms with van der Waals surface area (Å²) in [4.78, 5) is 17.8. The molecule has 0 spiro atoms. The van der Waals surface area contributed by atoms with Crippen LogP contribution in [0.5, 0.6) is 0 Å². The van der Waals surface area contributed by atoms with Crippen LogP contribution in [-0.4, -0.2) is 18.2 Å². The Kier molecular flexibility index (Phi) is 3.08. The van der Waals surface area contributed by atoms with Crippen molar-refractivity contribution >= 4 is 39.6 Å². The van der Waals surface area contributed by atoms with Crippen molar-refractivity contribution in [2.75, 3.05) is 11.9 Å². The molecule has 0 saturated carbocycles. The molecule has 0 fully saturated rings. The molecule has 106 valence electrons. The minimum absolute atomic E-state index is 0.0572. The Hall–Kier alpha value is -1.65. The van der Waals surface area contributed by atoms with Crippen LogP contribution >= 0.6 is 22.9 Å². The van der Waals surface area contributed by atoms with E-state index in [1.54, 1.807) is 11.3 Å². The Morgan fingerprint density at radius 1 is 1.24 bits per heavy atom. The van der Waals surface area contributed by atoms with Crippen molar-refractivity contribution in [2.24, 2.45) is 4.99 Å². The van der Waals surface area contributed by atoms with Gasteiger partial charge in [-0.05, 0) is 30.9 Å². The molecule has 0 bridgehead atoms. The number of hydrogen-bond donors (Lipinski definition) is 1. The smallest absolute Gasteiger partial charge is 0.246 e. The number of hydrogen-bond acceptors (Lipinski definition) is 3. The summed E-state index contributed by atoms with van der Waals surface area (Å²) < 4.78 is 0. The third kappa shape index (κ3) is 2.10. The molecule has 21 heavy (non-hydrogen) atoms. The van der Waals surface area contributed by atoms with Gasteiger partial charge in [0.05, 0.1) is 5.71 Å². The Labute approximate surface area is 131 Å². The van der Waals surface area contributed by atoms with Crippen LogP contribution in [0.2, 0.25) is 5.02 Å². The number of aryl methyl sites for hydroxylation is 1. The van der Waals surface area contributed by atoms with Gasteiger partial charge in [-0.1, -0.05) is 29.8 Å². The van der Waals surface area contributed by atoms with Crippen LogP contribution in [0.15, 0.2) is 29.3 Å². The van der Waals surface area contributed by atoms with E-state index >= 15 is 0 Å². The number of anilines is 1. The number of aliphatic imine (C=N–C) groups is 1. The zero-order valence-corrected chi connectivity index (χ0v) is 12.9. The number of nitrogens with zero attached hydrogens (tertiary/aromatic N) is 1. The fourth-order valence-electron chi connectivity index (χ4n) is 3.01. The molecular formula is C16H13ClN2OS. The minimum atomic E-state index is -0.0572. The van der Waals surface area contributed by atoms with E-state index in [2.05, 4.69) is 10.3 Å². The maximum absolute atomic E-state index is 11.9. The summed E-state index contributed by atoms with van der Waals surface area (Å²) in [7, 11) is 0. The van der Waals surface area contributed by atoms with Crippen molar-refractivity contribution in [3.8, 4) is 0 Å². The summed E-state index contributed by atoms with van der Waals surface area (Å²) in [5, 5.41) is 4.60. The molecule has 3 nitrogen and oxygen atoms in total. The van der Waals surface area contributed by atoms with Crippen molar-refractivity contribution in [3.05, 3.63) is 50.9 Å². The molecule has 1 aromatic carbocycles. The standard InChI is InChI=1S/C16H13ClN2OS/c17-11-6-2-1-4-9(11)15-14-10-5-3-7-12(10)21-16(14)19-13(20)8-18-15/h1-2,4,6H,3,5,7-8H2,(H,19,20). The Morgan fingerprint density at radius 2 is 2.10 bits per heavy atom. The molecule has 1 N–H and O–H groups in total. The van der Waals surface area contributed by atoms with Gasteiger partial charge < -0.3 is 5.32 Å². The summed E-state index contributed by atoms with van der Waals surface area (Å²) in [5.41, 5.74) is 4.19. The van der Waals surface area contributed by atoms with E-state index in [9.17, 15) is 4.79 Å². The summed E-state index contributed by atoms with van der Waals surface area (Å²) in [6.45, 7) is 0.150. The molecule has 2 heterocycles. The molecule has 1 amide bonds. The number of carbonyl (C=O) groups excluding carboxylic acids is 1. The van der Waals surface area contributed by atoms with E-state index in [0.29, 0.717) is 5.02 Å². The number of nitrogens with one attached hydrogen (secondary N) is 1. The van der Waals surface area contributed by atoms with Crippen LogP contribution in [-0.2, 0) is 17.6 Å². The number of thiophene rings is 1. The first kappa shape index (κ1) is 13.0. The van der Waals surface area contributed by atoms with Crippen LogP contribution in [0, 0.1) is 0 Å². The quantitative estimate of drug-likeness (QED) is 0.856. The zero-order chi connectivity index (χ0) is 14.4. The Bertz CT molecular complexity index is 779. The highest BCUT2D eigenvalue weighted by atomic mass is 35.5. The molecule has 0 unspecified atom stereocenters. The number of rotatable bonds is 1. The second-order valence-corrected chi connectivity index (χ2v) is 6.77. The predicted molar refractivity (Wildman–Crippen MR) is 86.9 cm³/mol. The number of carbonyl (C=O) groups is 1. The summed E-state index contributed by atoms with van der Waals surface area (Å²) in [6, 6.07) is 7.70. The van der Waals surface area contributed by atoms with Gasteiger partial charge in [0.15, 0.2) is 0 Å². The fraction of sp³-hybridized carbons (Fsp3) is 0.250. The lowest BCUT2D eigenvalue weighted by molar-refractivity contribution is -0.114. The monoisotopic (exact) mass is 316 g/mol. The molecule has 0 radical (unpaired) electrons. The van der Waals surface area contributed by atoms with E-state index in [1.165, 1.54) is 16.9 Å². The summed E-state index contributed by atoms with van der Waals surface area (Å²) in [5.74, 6) is -0.0572. The van der Waals surface area contributed by atoms with E-state index in [0.717, 1.165) is 34.7 Å². The molecule has 1 aromatic heterocycles. The number of halogens is 1. The van der Waals surface area contributed by atoms with Crippen LogP contribution in [0.3, 0.4) is 0 Å². The molecular weight excluding hydrogens is 304 g/mol. The van der Waals surface area contributed by atoms with Crippen molar-refractivity contribution in [1.82, 2.24) is 0 Å². The lowest BCUT2D eigenvalue weighted by Crippen LogP contribution is -2.12. The highest BCUT2D eigenvalue weighted by Crippen LogP contribution is 2.41. The number of benzene rings is 1. The van der Waals surface area contributed by atoms with Gasteiger partial charge in [0.2, 0.25) is 5.91 Å². The second-order valence-electron chi connectivity index (χ2n) is 5.25. The molecule has 2 aliphatic rings. The van der Waals surface area contributed by atoms with Gasteiger partial charge >= 0.3 is 0 Å². The average molecular weight is 317 g/mol. The zero-order valence-electron chi connectivity index (χ0n) is 11.3. The van der Waals surface area contributed by atoms with E-state index < -0.39 is 0 Å². The van der Waals surface area contributed by atoms with Crippen molar-refractivity contribution in [1.29, 1.82) is 0 Å². The van der Waals surface area contributed by atoms with Gasteiger partial charge in [0, 0.05) is 21.0 Å². The topological polar surface area (TPSA) is 41.5 Å². The summed E-state index contributed by atoms with van der Waals surface area (Å²) in [6.07, 6.45) is 3.33. The first-order chi connectivity index (χ1) is 10.2. The third-order valence-corrected chi connectivity index (χ3v) is 5.46. The maximum atomic E-state index is 11.9. The average Bonchev–Trinajstić information content (AvgIpc) is 2.99. The van der Waals surface area contributed by atoms with E-state index in [1.807, 2.05) is 24.3 Å². The largest absolute Gasteiger partial charge is 0.316 e. The molecule has 0 atom stereocenters.